The van der Waals surface area contributed by atoms with Crippen LogP contribution in [0.5, 0.6) is 11.5 Å². The second-order valence-electron chi connectivity index (χ2n) is 6.36. The summed E-state index contributed by atoms with van der Waals surface area (Å²) in [6.45, 7) is 0. The number of carbonyl (C=O) groups is 1. The van der Waals surface area contributed by atoms with Gasteiger partial charge in [-0.15, -0.1) is 0 Å². The van der Waals surface area contributed by atoms with Crippen molar-refractivity contribution in [3.63, 3.8) is 0 Å². The highest BCUT2D eigenvalue weighted by Gasteiger charge is 2.11. The van der Waals surface area contributed by atoms with Crippen molar-refractivity contribution in [2.45, 2.75) is 0 Å². The van der Waals surface area contributed by atoms with Gasteiger partial charge >= 0.3 is 6.03 Å². The van der Waals surface area contributed by atoms with Crippen molar-refractivity contribution >= 4 is 28.4 Å². The summed E-state index contributed by atoms with van der Waals surface area (Å²) >= 11 is 0. The van der Waals surface area contributed by atoms with Gasteiger partial charge in [-0.05, 0) is 0 Å². The van der Waals surface area contributed by atoms with Crippen molar-refractivity contribution in [2.24, 2.45) is 0 Å². The molecule has 0 aliphatic rings. The van der Waals surface area contributed by atoms with Crippen LogP contribution in [0.3, 0.4) is 0 Å². The molecule has 0 saturated heterocycles. The Morgan fingerprint density at radius 2 is 1.63 bits per heavy atom. The van der Waals surface area contributed by atoms with Crippen LogP contribution in [-0.4, -0.2) is 35.2 Å². The minimum atomic E-state index is -0.452. The number of nitrogens with one attached hydrogen (secondary N) is 2. The second kappa shape index (κ2) is 8.44. The first-order valence-electron chi connectivity index (χ1n) is 9.13. The van der Waals surface area contributed by atoms with Gasteiger partial charge in [-0.2, -0.15) is 0 Å². The van der Waals surface area contributed by atoms with Gasteiger partial charge < -0.3 is 20.1 Å². The lowest BCUT2D eigenvalue weighted by Gasteiger charge is -2.12. The highest BCUT2D eigenvalue weighted by molar-refractivity contribution is 6.04. The molecule has 0 aliphatic carbocycles. The van der Waals surface area contributed by atoms with Crippen LogP contribution in [0.15, 0.2) is 67.1 Å². The summed E-state index contributed by atoms with van der Waals surface area (Å²) in [6.07, 6.45) is 4.83. The maximum atomic E-state index is 12.6. The molecule has 150 valence electrons. The Balaban J connectivity index is 1.61. The fraction of sp³-hybridized carbons (Fsp3) is 0.0909. The van der Waals surface area contributed by atoms with Crippen LogP contribution in [-0.2, 0) is 0 Å². The Labute approximate surface area is 172 Å². The first kappa shape index (κ1) is 19.1. The molecular weight excluding hydrogens is 382 g/mol. The normalized spacial score (nSPS) is 10.5. The molecule has 30 heavy (non-hydrogen) atoms. The zero-order valence-corrected chi connectivity index (χ0v) is 16.4. The Kier molecular flexibility index (Phi) is 5.38. The fourth-order valence-electron chi connectivity index (χ4n) is 2.94. The number of amides is 2. The van der Waals surface area contributed by atoms with Crippen LogP contribution in [0, 0.1) is 0 Å². The molecule has 0 saturated carbocycles. The smallest absolute Gasteiger partial charge is 0.323 e. The molecule has 2 amide bonds. The third-order valence-corrected chi connectivity index (χ3v) is 4.38. The molecule has 4 rings (SSSR count). The summed E-state index contributed by atoms with van der Waals surface area (Å²) in [6, 6.07) is 14.4. The van der Waals surface area contributed by atoms with Crippen LogP contribution in [0.1, 0.15) is 0 Å². The van der Waals surface area contributed by atoms with E-state index < -0.39 is 6.03 Å². The predicted octanol–water partition coefficient (Wildman–Crippen LogP) is 4.35. The number of anilines is 2. The summed E-state index contributed by atoms with van der Waals surface area (Å²) < 4.78 is 10.5. The third kappa shape index (κ3) is 4.12. The quantitative estimate of drug-likeness (QED) is 0.516. The molecule has 8 nitrogen and oxygen atoms in total. The largest absolute Gasteiger partial charge is 0.497 e. The molecule has 0 spiro atoms. The number of hydrogen-bond donors (Lipinski definition) is 2. The zero-order chi connectivity index (χ0) is 20.9. The molecule has 0 atom stereocenters. The maximum Gasteiger partial charge on any atom is 0.323 e. The Hall–Kier alpha value is -4.20. The lowest BCUT2D eigenvalue weighted by molar-refractivity contribution is 0.262. The molecule has 2 aromatic carbocycles. The summed E-state index contributed by atoms with van der Waals surface area (Å²) in [5.74, 6) is 1.13. The summed E-state index contributed by atoms with van der Waals surface area (Å²) in [5, 5.41) is 5.56. The fourth-order valence-corrected chi connectivity index (χ4v) is 2.94. The van der Waals surface area contributed by atoms with Crippen LogP contribution in [0.4, 0.5) is 16.2 Å². The van der Waals surface area contributed by atoms with Crippen LogP contribution in [0.25, 0.3) is 22.3 Å². The van der Waals surface area contributed by atoms with E-state index in [1.54, 1.807) is 44.8 Å². The molecule has 0 unspecified atom stereocenters. The number of pyridine rings is 1. The number of carbonyl (C=O) groups excluding carboxylic acids is 1. The van der Waals surface area contributed by atoms with Crippen LogP contribution >= 0.6 is 0 Å². The summed E-state index contributed by atoms with van der Waals surface area (Å²) in [5.41, 5.74) is 3.73. The molecule has 2 aromatic heterocycles. The van der Waals surface area contributed by atoms with Gasteiger partial charge in [0, 0.05) is 29.4 Å². The predicted molar refractivity (Wildman–Crippen MR) is 115 cm³/mol. The van der Waals surface area contributed by atoms with E-state index in [1.165, 1.54) is 6.20 Å². The Morgan fingerprint density at radius 3 is 2.33 bits per heavy atom. The molecule has 0 bridgehead atoms. The molecule has 0 fully saturated rings. The van der Waals surface area contributed by atoms with Gasteiger partial charge in [-0.25, -0.2) is 9.78 Å². The van der Waals surface area contributed by atoms with Crippen molar-refractivity contribution in [3.05, 3.63) is 67.1 Å². The first-order valence-corrected chi connectivity index (χ1v) is 9.13. The number of urea groups is 1. The van der Waals surface area contributed by atoms with Gasteiger partial charge in [0.05, 0.1) is 44.2 Å². The summed E-state index contributed by atoms with van der Waals surface area (Å²) in [7, 11) is 3.09. The Morgan fingerprint density at radius 1 is 0.900 bits per heavy atom. The highest BCUT2D eigenvalue weighted by atomic mass is 16.5. The van der Waals surface area contributed by atoms with Crippen molar-refractivity contribution in [1.29, 1.82) is 0 Å². The number of ether oxygens (including phenoxy) is 2. The molecule has 4 aromatic rings. The lowest BCUT2D eigenvalue weighted by Crippen LogP contribution is -2.20. The highest BCUT2D eigenvalue weighted by Crippen LogP contribution is 2.27. The lowest BCUT2D eigenvalue weighted by atomic mass is 10.1. The second-order valence-corrected chi connectivity index (χ2v) is 6.36. The number of aromatic nitrogens is 3. The van der Waals surface area contributed by atoms with E-state index in [9.17, 15) is 4.79 Å². The number of hydrogen-bond acceptors (Lipinski definition) is 6. The van der Waals surface area contributed by atoms with E-state index >= 15 is 0 Å². The minimum Gasteiger partial charge on any atom is -0.497 e. The minimum absolute atomic E-state index is 0.449. The van der Waals surface area contributed by atoms with Gasteiger partial charge in [-0.1, -0.05) is 30.3 Å². The van der Waals surface area contributed by atoms with Gasteiger partial charge in [0.15, 0.2) is 0 Å². The summed E-state index contributed by atoms with van der Waals surface area (Å²) in [4.78, 5) is 25.8. The van der Waals surface area contributed by atoms with E-state index in [2.05, 4.69) is 25.6 Å². The third-order valence-electron chi connectivity index (χ3n) is 4.38. The van der Waals surface area contributed by atoms with Crippen molar-refractivity contribution < 1.29 is 14.3 Å². The standard InChI is InChI=1S/C22H19N5O3/c1-29-16-8-15(9-17(10-16)30-2)25-22(28)27-20-12-23-11-19-21(20)26-18(13-24-19)14-6-4-3-5-7-14/h3-13H,1-2H3,(H2,25,27,28). The van der Waals surface area contributed by atoms with E-state index in [-0.39, 0.29) is 0 Å². The van der Waals surface area contributed by atoms with Crippen LogP contribution < -0.4 is 20.1 Å². The van der Waals surface area contributed by atoms with E-state index in [0.717, 1.165) is 5.56 Å². The van der Waals surface area contributed by atoms with E-state index in [1.807, 2.05) is 30.3 Å². The average molecular weight is 401 g/mol. The van der Waals surface area contributed by atoms with Gasteiger partial charge in [0.2, 0.25) is 0 Å². The van der Waals surface area contributed by atoms with Gasteiger partial charge in [-0.3, -0.25) is 9.97 Å². The SMILES string of the molecule is COc1cc(NC(=O)Nc2cncc3ncc(-c4ccccc4)nc23)cc(OC)c1. The number of nitrogens with zero attached hydrogens (tertiary/aromatic N) is 3. The zero-order valence-electron chi connectivity index (χ0n) is 16.4. The molecular formula is C22H19N5O3. The van der Waals surface area contributed by atoms with Crippen molar-refractivity contribution in [1.82, 2.24) is 15.0 Å². The van der Waals surface area contributed by atoms with Crippen molar-refractivity contribution in [2.75, 3.05) is 24.9 Å². The molecule has 0 radical (unpaired) electrons. The Bertz CT molecular complexity index is 1180. The molecule has 2 heterocycles. The molecule has 2 N–H and O–H groups in total. The maximum absolute atomic E-state index is 12.6. The topological polar surface area (TPSA) is 98.3 Å². The number of methoxy groups -OCH3 is 2. The van der Waals surface area contributed by atoms with Gasteiger partial charge in [0.1, 0.15) is 22.5 Å². The van der Waals surface area contributed by atoms with Crippen molar-refractivity contribution in [3.8, 4) is 22.8 Å². The first-order chi connectivity index (χ1) is 14.7. The van der Waals surface area contributed by atoms with Crippen LogP contribution in [0.2, 0.25) is 0 Å². The number of benzene rings is 2. The monoisotopic (exact) mass is 401 g/mol. The van der Waals surface area contributed by atoms with E-state index in [0.29, 0.717) is 39.6 Å². The van der Waals surface area contributed by atoms with E-state index in [4.69, 9.17) is 9.47 Å². The van der Waals surface area contributed by atoms with Gasteiger partial charge in [0.25, 0.3) is 0 Å². The average Bonchev–Trinajstić information content (AvgIpc) is 2.79. The molecule has 8 heteroatoms. The molecule has 0 aliphatic heterocycles. The number of fused-ring (bicyclic) bond motifs is 1. The number of rotatable bonds is 5.